The van der Waals surface area contributed by atoms with E-state index in [0.29, 0.717) is 19.6 Å². The summed E-state index contributed by atoms with van der Waals surface area (Å²) in [7, 11) is 0. The Morgan fingerprint density at radius 2 is 2.06 bits per heavy atom. The number of rotatable bonds is 4. The van der Waals surface area contributed by atoms with Crippen LogP contribution < -0.4 is 5.32 Å². The van der Waals surface area contributed by atoms with E-state index in [2.05, 4.69) is 5.32 Å². The minimum atomic E-state index is -2.72. The van der Waals surface area contributed by atoms with Gasteiger partial charge in [0, 0.05) is 18.5 Å². The lowest BCUT2D eigenvalue weighted by molar-refractivity contribution is -0.0140. The molecule has 0 radical (unpaired) electrons. The van der Waals surface area contributed by atoms with Crippen molar-refractivity contribution in [2.75, 3.05) is 19.8 Å². The van der Waals surface area contributed by atoms with Crippen molar-refractivity contribution >= 4 is 0 Å². The molecule has 0 bridgehead atoms. The van der Waals surface area contributed by atoms with Crippen molar-refractivity contribution in [1.29, 1.82) is 0 Å². The molecule has 0 saturated carbocycles. The highest BCUT2D eigenvalue weighted by molar-refractivity contribution is 5.28. The van der Waals surface area contributed by atoms with Crippen LogP contribution in [0.5, 0.6) is 0 Å². The Kier molecular flexibility index (Phi) is 4.30. The Morgan fingerprint density at radius 1 is 1.33 bits per heavy atom. The van der Waals surface area contributed by atoms with Gasteiger partial charge in [0.2, 0.25) is 0 Å². The molecule has 2 nitrogen and oxygen atoms in total. The first kappa shape index (κ1) is 13.4. The van der Waals surface area contributed by atoms with E-state index in [0.717, 1.165) is 12.1 Å². The molecule has 1 fully saturated rings. The number of ether oxygens (including phenoxy) is 1. The summed E-state index contributed by atoms with van der Waals surface area (Å²) in [5.41, 5.74) is 1.11. The van der Waals surface area contributed by atoms with Crippen molar-refractivity contribution in [1.82, 2.24) is 5.32 Å². The third-order valence-corrected chi connectivity index (χ3v) is 3.22. The van der Waals surface area contributed by atoms with Crippen LogP contribution in [0.25, 0.3) is 0 Å². The van der Waals surface area contributed by atoms with Crippen LogP contribution in [0.1, 0.15) is 36.9 Å². The van der Waals surface area contributed by atoms with Gasteiger partial charge in [0.1, 0.15) is 0 Å². The highest BCUT2D eigenvalue weighted by Crippen LogP contribution is 2.33. The number of morpholine rings is 1. The van der Waals surface area contributed by atoms with Crippen molar-refractivity contribution < 1.29 is 13.5 Å². The second-order valence-corrected chi connectivity index (χ2v) is 4.66. The lowest BCUT2D eigenvalue weighted by atomic mass is 9.99. The fourth-order valence-electron chi connectivity index (χ4n) is 2.20. The molecule has 1 heterocycles. The second-order valence-electron chi connectivity index (χ2n) is 4.66. The smallest absolute Gasteiger partial charge is 0.273 e. The molecule has 2 rings (SSSR count). The summed E-state index contributed by atoms with van der Waals surface area (Å²) in [4.78, 5) is 0. The number of halogens is 2. The first-order chi connectivity index (χ1) is 8.63. The zero-order valence-electron chi connectivity index (χ0n) is 10.6. The Labute approximate surface area is 106 Å². The van der Waals surface area contributed by atoms with Crippen LogP contribution in [0.2, 0.25) is 0 Å². The highest BCUT2D eigenvalue weighted by Gasteiger charge is 2.30. The Morgan fingerprint density at radius 3 is 2.61 bits per heavy atom. The SMILES string of the molecule is CCCC(F)(F)c1ccc(C2COCCN2)cc1. The van der Waals surface area contributed by atoms with Crippen LogP contribution in [0.4, 0.5) is 8.78 Å². The van der Waals surface area contributed by atoms with Gasteiger partial charge in [0.05, 0.1) is 19.3 Å². The summed E-state index contributed by atoms with van der Waals surface area (Å²) >= 11 is 0. The van der Waals surface area contributed by atoms with Crippen LogP contribution in [0.15, 0.2) is 24.3 Å². The van der Waals surface area contributed by atoms with Crippen LogP contribution in [-0.2, 0) is 10.7 Å². The van der Waals surface area contributed by atoms with E-state index < -0.39 is 5.92 Å². The van der Waals surface area contributed by atoms with E-state index in [1.54, 1.807) is 19.1 Å². The molecule has 0 spiro atoms. The summed E-state index contributed by atoms with van der Waals surface area (Å²) in [6, 6.07) is 6.71. The molecule has 1 aromatic rings. The topological polar surface area (TPSA) is 21.3 Å². The van der Waals surface area contributed by atoms with Crippen LogP contribution in [0.3, 0.4) is 0 Å². The standard InChI is InChI=1S/C14H19F2NO/c1-2-7-14(15,16)12-5-3-11(4-6-12)13-10-18-9-8-17-13/h3-6,13,17H,2,7-10H2,1H3. The van der Waals surface area contributed by atoms with Crippen molar-refractivity contribution in [2.24, 2.45) is 0 Å². The zero-order chi connectivity index (χ0) is 13.0. The fraction of sp³-hybridized carbons (Fsp3) is 0.571. The zero-order valence-corrected chi connectivity index (χ0v) is 10.6. The van der Waals surface area contributed by atoms with Crippen LogP contribution in [-0.4, -0.2) is 19.8 Å². The highest BCUT2D eigenvalue weighted by atomic mass is 19.3. The van der Waals surface area contributed by atoms with E-state index in [9.17, 15) is 8.78 Å². The molecule has 1 unspecified atom stereocenters. The molecule has 0 amide bonds. The van der Waals surface area contributed by atoms with Crippen LogP contribution in [0, 0.1) is 0 Å². The normalized spacial score (nSPS) is 20.9. The van der Waals surface area contributed by atoms with E-state index >= 15 is 0 Å². The van der Waals surface area contributed by atoms with E-state index in [-0.39, 0.29) is 18.0 Å². The number of hydrogen-bond donors (Lipinski definition) is 1. The van der Waals surface area contributed by atoms with Gasteiger partial charge >= 0.3 is 0 Å². The summed E-state index contributed by atoms with van der Waals surface area (Å²) in [6.07, 6.45) is 0.379. The Balaban J connectivity index is 2.09. The minimum absolute atomic E-state index is 0.100. The largest absolute Gasteiger partial charge is 0.378 e. The molecule has 4 heteroatoms. The predicted molar refractivity (Wildman–Crippen MR) is 66.8 cm³/mol. The maximum atomic E-state index is 13.7. The van der Waals surface area contributed by atoms with Crippen molar-refractivity contribution in [2.45, 2.75) is 31.7 Å². The van der Waals surface area contributed by atoms with E-state index in [1.807, 2.05) is 0 Å². The lowest BCUT2D eigenvalue weighted by Gasteiger charge is -2.24. The minimum Gasteiger partial charge on any atom is -0.378 e. The molecule has 0 aliphatic carbocycles. The molecule has 1 N–H and O–H groups in total. The molecular weight excluding hydrogens is 236 g/mol. The van der Waals surface area contributed by atoms with Crippen molar-refractivity contribution in [3.8, 4) is 0 Å². The third kappa shape index (κ3) is 3.06. The van der Waals surface area contributed by atoms with E-state index in [4.69, 9.17) is 4.74 Å². The average molecular weight is 255 g/mol. The van der Waals surface area contributed by atoms with Crippen molar-refractivity contribution in [3.05, 3.63) is 35.4 Å². The summed E-state index contributed by atoms with van der Waals surface area (Å²) < 4.78 is 32.7. The molecule has 0 aromatic heterocycles. The molecule has 1 aliphatic heterocycles. The van der Waals surface area contributed by atoms with Gasteiger partial charge in [-0.25, -0.2) is 8.78 Å². The molecule has 1 aliphatic rings. The number of hydrogen-bond acceptors (Lipinski definition) is 2. The third-order valence-electron chi connectivity index (χ3n) is 3.22. The first-order valence-electron chi connectivity index (χ1n) is 6.43. The fourth-order valence-corrected chi connectivity index (χ4v) is 2.20. The van der Waals surface area contributed by atoms with Gasteiger partial charge in [0.15, 0.2) is 0 Å². The molecule has 1 atom stereocenters. The number of nitrogens with one attached hydrogen (secondary N) is 1. The quantitative estimate of drug-likeness (QED) is 0.891. The predicted octanol–water partition coefficient (Wildman–Crippen LogP) is 3.24. The summed E-state index contributed by atoms with van der Waals surface area (Å²) in [5, 5.41) is 3.31. The number of alkyl halides is 2. The van der Waals surface area contributed by atoms with Gasteiger partial charge in [-0.2, -0.15) is 0 Å². The van der Waals surface area contributed by atoms with Crippen LogP contribution >= 0.6 is 0 Å². The molecule has 1 saturated heterocycles. The molecular formula is C14H19F2NO. The number of benzene rings is 1. The molecule has 1 aromatic carbocycles. The van der Waals surface area contributed by atoms with Gasteiger partial charge in [-0.15, -0.1) is 0 Å². The summed E-state index contributed by atoms with van der Waals surface area (Å²) in [6.45, 7) is 3.89. The maximum absolute atomic E-state index is 13.7. The van der Waals surface area contributed by atoms with Gasteiger partial charge < -0.3 is 10.1 Å². The average Bonchev–Trinajstić information content (AvgIpc) is 2.40. The molecule has 18 heavy (non-hydrogen) atoms. The Bertz CT molecular complexity index is 372. The summed E-state index contributed by atoms with van der Waals surface area (Å²) in [5.74, 6) is -2.72. The second kappa shape index (κ2) is 5.76. The van der Waals surface area contributed by atoms with Gasteiger partial charge in [-0.1, -0.05) is 37.6 Å². The van der Waals surface area contributed by atoms with Gasteiger partial charge in [-0.05, 0) is 5.56 Å². The molecule has 100 valence electrons. The van der Waals surface area contributed by atoms with Crippen molar-refractivity contribution in [3.63, 3.8) is 0 Å². The lowest BCUT2D eigenvalue weighted by Crippen LogP contribution is -2.34. The van der Waals surface area contributed by atoms with Gasteiger partial charge in [0.25, 0.3) is 5.92 Å². The first-order valence-corrected chi connectivity index (χ1v) is 6.43. The monoisotopic (exact) mass is 255 g/mol. The van der Waals surface area contributed by atoms with Gasteiger partial charge in [-0.3, -0.25) is 0 Å². The van der Waals surface area contributed by atoms with E-state index in [1.165, 1.54) is 12.1 Å². The Hall–Kier alpha value is -1.00. The maximum Gasteiger partial charge on any atom is 0.273 e.